The Morgan fingerprint density at radius 1 is 1.31 bits per heavy atom. The lowest BCUT2D eigenvalue weighted by Crippen LogP contribution is -2.50. The maximum atomic E-state index is 12.0. The van der Waals surface area contributed by atoms with Crippen LogP contribution in [0.1, 0.15) is 51.4 Å². The SMILES string of the molecule is C=CCCCC(=O)C1CC2CCCC(C1)N2. The van der Waals surface area contributed by atoms with Crippen LogP contribution in [0.2, 0.25) is 0 Å². The molecule has 0 aliphatic carbocycles. The molecule has 2 atom stereocenters. The van der Waals surface area contributed by atoms with Crippen molar-refractivity contribution >= 4 is 5.78 Å². The summed E-state index contributed by atoms with van der Waals surface area (Å²) in [6, 6.07) is 1.25. The summed E-state index contributed by atoms with van der Waals surface area (Å²) >= 11 is 0. The predicted molar refractivity (Wildman–Crippen MR) is 66.3 cm³/mol. The van der Waals surface area contributed by atoms with Gasteiger partial charge in [-0.2, -0.15) is 0 Å². The second kappa shape index (κ2) is 5.62. The molecule has 2 aliphatic rings. The third-order valence-corrected chi connectivity index (χ3v) is 4.00. The predicted octanol–water partition coefficient (Wildman–Crippen LogP) is 2.83. The molecule has 2 heterocycles. The van der Waals surface area contributed by atoms with E-state index in [1.807, 2.05) is 6.08 Å². The van der Waals surface area contributed by atoms with Crippen LogP contribution in [0.15, 0.2) is 12.7 Å². The summed E-state index contributed by atoms with van der Waals surface area (Å²) in [5.41, 5.74) is 0. The third kappa shape index (κ3) is 2.94. The Kier molecular flexibility index (Phi) is 4.16. The molecule has 2 nitrogen and oxygen atoms in total. The molecule has 2 bridgehead atoms. The Balaban J connectivity index is 1.80. The van der Waals surface area contributed by atoms with Crippen molar-refractivity contribution in [3.05, 3.63) is 12.7 Å². The lowest BCUT2D eigenvalue weighted by atomic mass is 9.77. The number of piperidine rings is 2. The Labute approximate surface area is 98.5 Å². The maximum Gasteiger partial charge on any atom is 0.136 e. The molecule has 2 aliphatic heterocycles. The molecule has 90 valence electrons. The molecule has 2 heteroatoms. The van der Waals surface area contributed by atoms with Gasteiger partial charge >= 0.3 is 0 Å². The molecule has 1 N–H and O–H groups in total. The number of unbranched alkanes of at least 4 members (excludes halogenated alkanes) is 1. The standard InChI is InChI=1S/C14H23NO/c1-2-3-4-8-14(16)11-9-12-6-5-7-13(10-11)15-12/h2,11-13,15H,1,3-10H2. The molecule has 0 aromatic heterocycles. The van der Waals surface area contributed by atoms with Crippen LogP contribution in [-0.4, -0.2) is 17.9 Å². The van der Waals surface area contributed by atoms with Gasteiger partial charge in [-0.05, 0) is 38.5 Å². The van der Waals surface area contributed by atoms with Crippen molar-refractivity contribution in [2.24, 2.45) is 5.92 Å². The normalized spacial score (nSPS) is 33.4. The van der Waals surface area contributed by atoms with Crippen LogP contribution < -0.4 is 5.32 Å². The first-order chi connectivity index (χ1) is 7.79. The fourth-order valence-electron chi connectivity index (χ4n) is 3.15. The minimum Gasteiger partial charge on any atom is -0.311 e. The number of hydrogen-bond acceptors (Lipinski definition) is 2. The van der Waals surface area contributed by atoms with Gasteiger partial charge in [0, 0.05) is 24.4 Å². The zero-order valence-electron chi connectivity index (χ0n) is 10.1. The highest BCUT2D eigenvalue weighted by Gasteiger charge is 2.33. The number of rotatable bonds is 5. The van der Waals surface area contributed by atoms with E-state index in [0.717, 1.165) is 32.1 Å². The Bertz CT molecular complexity index is 249. The second-order valence-corrected chi connectivity index (χ2v) is 5.31. The average molecular weight is 221 g/mol. The Morgan fingerprint density at radius 3 is 2.62 bits per heavy atom. The lowest BCUT2D eigenvalue weighted by Gasteiger charge is -2.39. The van der Waals surface area contributed by atoms with Crippen LogP contribution >= 0.6 is 0 Å². The molecule has 2 rings (SSSR count). The fourth-order valence-corrected chi connectivity index (χ4v) is 3.15. The van der Waals surface area contributed by atoms with E-state index < -0.39 is 0 Å². The van der Waals surface area contributed by atoms with Gasteiger partial charge in [-0.25, -0.2) is 0 Å². The van der Waals surface area contributed by atoms with Gasteiger partial charge in [0.25, 0.3) is 0 Å². The summed E-state index contributed by atoms with van der Waals surface area (Å²) in [6.45, 7) is 3.70. The first-order valence-electron chi connectivity index (χ1n) is 6.69. The molecular formula is C14H23NO. The van der Waals surface area contributed by atoms with E-state index in [2.05, 4.69) is 11.9 Å². The highest BCUT2D eigenvalue weighted by molar-refractivity contribution is 5.81. The zero-order chi connectivity index (χ0) is 11.4. The highest BCUT2D eigenvalue weighted by atomic mass is 16.1. The van der Waals surface area contributed by atoms with Crippen LogP contribution in [-0.2, 0) is 4.79 Å². The first-order valence-corrected chi connectivity index (χ1v) is 6.69. The van der Waals surface area contributed by atoms with Gasteiger partial charge in [-0.3, -0.25) is 4.79 Å². The number of fused-ring (bicyclic) bond motifs is 2. The van der Waals surface area contributed by atoms with Crippen LogP contribution in [0, 0.1) is 5.92 Å². The molecule has 0 saturated carbocycles. The van der Waals surface area contributed by atoms with E-state index in [9.17, 15) is 4.79 Å². The highest BCUT2D eigenvalue weighted by Crippen LogP contribution is 2.31. The number of nitrogens with one attached hydrogen (secondary N) is 1. The van der Waals surface area contributed by atoms with Gasteiger partial charge in [0.1, 0.15) is 5.78 Å². The van der Waals surface area contributed by atoms with Gasteiger partial charge in [0.2, 0.25) is 0 Å². The van der Waals surface area contributed by atoms with Crippen molar-refractivity contribution in [2.75, 3.05) is 0 Å². The molecule has 0 amide bonds. The molecule has 2 unspecified atom stereocenters. The van der Waals surface area contributed by atoms with Crippen LogP contribution in [0.5, 0.6) is 0 Å². The van der Waals surface area contributed by atoms with Crippen LogP contribution in [0.25, 0.3) is 0 Å². The van der Waals surface area contributed by atoms with Crippen molar-refractivity contribution in [3.63, 3.8) is 0 Å². The van der Waals surface area contributed by atoms with E-state index in [-0.39, 0.29) is 0 Å². The monoisotopic (exact) mass is 221 g/mol. The minimum absolute atomic E-state index is 0.348. The number of hydrogen-bond donors (Lipinski definition) is 1. The van der Waals surface area contributed by atoms with Gasteiger partial charge in [0.15, 0.2) is 0 Å². The molecule has 16 heavy (non-hydrogen) atoms. The molecular weight excluding hydrogens is 198 g/mol. The van der Waals surface area contributed by atoms with E-state index in [0.29, 0.717) is 23.8 Å². The smallest absolute Gasteiger partial charge is 0.136 e. The number of carbonyl (C=O) groups excluding carboxylic acids is 1. The van der Waals surface area contributed by atoms with E-state index in [1.165, 1.54) is 19.3 Å². The van der Waals surface area contributed by atoms with Crippen molar-refractivity contribution in [1.82, 2.24) is 5.32 Å². The van der Waals surface area contributed by atoms with Crippen molar-refractivity contribution in [3.8, 4) is 0 Å². The first kappa shape index (κ1) is 11.8. The van der Waals surface area contributed by atoms with Gasteiger partial charge < -0.3 is 5.32 Å². The van der Waals surface area contributed by atoms with Gasteiger partial charge in [-0.1, -0.05) is 12.5 Å². The van der Waals surface area contributed by atoms with Crippen molar-refractivity contribution in [2.45, 2.75) is 63.5 Å². The largest absolute Gasteiger partial charge is 0.311 e. The van der Waals surface area contributed by atoms with Crippen molar-refractivity contribution < 1.29 is 4.79 Å². The topological polar surface area (TPSA) is 29.1 Å². The fraction of sp³-hybridized carbons (Fsp3) is 0.786. The number of Topliss-reactive ketones (excluding diaryl/α,β-unsaturated/α-hetero) is 1. The summed E-state index contributed by atoms with van der Waals surface area (Å²) in [4.78, 5) is 12.0. The molecule has 0 aromatic rings. The third-order valence-electron chi connectivity index (χ3n) is 4.00. The minimum atomic E-state index is 0.348. The van der Waals surface area contributed by atoms with Gasteiger partial charge in [-0.15, -0.1) is 6.58 Å². The van der Waals surface area contributed by atoms with Crippen molar-refractivity contribution in [1.29, 1.82) is 0 Å². The average Bonchev–Trinajstić information content (AvgIpc) is 2.28. The number of allylic oxidation sites excluding steroid dienone is 1. The zero-order valence-corrected chi connectivity index (χ0v) is 10.1. The molecule has 0 radical (unpaired) electrons. The van der Waals surface area contributed by atoms with E-state index >= 15 is 0 Å². The second-order valence-electron chi connectivity index (χ2n) is 5.31. The lowest BCUT2D eigenvalue weighted by molar-refractivity contribution is -0.124. The Morgan fingerprint density at radius 2 is 2.00 bits per heavy atom. The summed E-state index contributed by atoms with van der Waals surface area (Å²) in [7, 11) is 0. The van der Waals surface area contributed by atoms with E-state index in [4.69, 9.17) is 0 Å². The maximum absolute atomic E-state index is 12.0. The van der Waals surface area contributed by atoms with Gasteiger partial charge in [0.05, 0.1) is 0 Å². The summed E-state index contributed by atoms with van der Waals surface area (Å²) in [5.74, 6) is 0.849. The number of ketones is 1. The number of carbonyl (C=O) groups is 1. The summed E-state index contributed by atoms with van der Waals surface area (Å²) in [6.07, 6.45) is 10.7. The Hall–Kier alpha value is -0.630. The molecule has 0 aromatic carbocycles. The molecule has 2 fully saturated rings. The summed E-state index contributed by atoms with van der Waals surface area (Å²) in [5, 5.41) is 3.64. The molecule has 0 spiro atoms. The van der Waals surface area contributed by atoms with Crippen LogP contribution in [0.4, 0.5) is 0 Å². The molecule has 2 saturated heterocycles. The summed E-state index contributed by atoms with van der Waals surface area (Å²) < 4.78 is 0. The van der Waals surface area contributed by atoms with Crippen LogP contribution in [0.3, 0.4) is 0 Å². The van der Waals surface area contributed by atoms with E-state index in [1.54, 1.807) is 0 Å². The quantitative estimate of drug-likeness (QED) is 0.571.